The lowest BCUT2D eigenvalue weighted by Crippen LogP contribution is -2.49. The van der Waals surface area contributed by atoms with Gasteiger partial charge in [0.2, 0.25) is 0 Å². The lowest BCUT2D eigenvalue weighted by Gasteiger charge is -2.33. The molecule has 0 aromatic heterocycles. The zero-order valence-corrected chi connectivity index (χ0v) is 13.1. The number of nitrogens with one attached hydrogen (secondary N) is 1. The molecule has 0 radical (unpaired) electrons. The van der Waals surface area contributed by atoms with Crippen molar-refractivity contribution < 1.29 is 9.90 Å². The number of carboxylic acids is 1. The number of hydrogen-bond donors (Lipinski definition) is 2. The molecule has 0 amide bonds. The number of halogens is 2. The Bertz CT molecular complexity index is 494. The van der Waals surface area contributed by atoms with Crippen LogP contribution in [0.25, 0.3) is 0 Å². The molecule has 0 saturated heterocycles. The van der Waals surface area contributed by atoms with Crippen molar-refractivity contribution in [1.29, 1.82) is 0 Å². The summed E-state index contributed by atoms with van der Waals surface area (Å²) in [6.45, 7) is 2.05. The van der Waals surface area contributed by atoms with Gasteiger partial charge in [-0.15, -0.1) is 0 Å². The molecule has 104 valence electrons. The highest BCUT2D eigenvalue weighted by Crippen LogP contribution is 2.41. The maximum Gasteiger partial charge on any atom is 0.329 e. The Morgan fingerprint density at radius 1 is 1.63 bits per heavy atom. The van der Waals surface area contributed by atoms with Gasteiger partial charge < -0.3 is 10.4 Å². The van der Waals surface area contributed by atoms with E-state index in [-0.39, 0.29) is 5.92 Å². The van der Waals surface area contributed by atoms with E-state index >= 15 is 0 Å². The fourth-order valence-corrected chi connectivity index (χ4v) is 3.46. The largest absolute Gasteiger partial charge is 0.479 e. The summed E-state index contributed by atoms with van der Waals surface area (Å²) < 4.78 is 0.769. The highest BCUT2D eigenvalue weighted by atomic mass is 79.9. The van der Waals surface area contributed by atoms with Gasteiger partial charge in [0.25, 0.3) is 0 Å². The number of carbonyl (C=O) groups is 1. The third kappa shape index (κ3) is 2.75. The second-order valence-corrected chi connectivity index (χ2v) is 6.29. The molecule has 1 aromatic rings. The first-order valence-electron chi connectivity index (χ1n) is 6.46. The summed E-state index contributed by atoms with van der Waals surface area (Å²) in [6.07, 6.45) is 3.45. The zero-order valence-electron chi connectivity index (χ0n) is 10.7. The minimum atomic E-state index is -0.845. The molecule has 19 heavy (non-hydrogen) atoms. The molecule has 1 aliphatic rings. The van der Waals surface area contributed by atoms with Crippen molar-refractivity contribution in [2.24, 2.45) is 5.92 Å². The summed E-state index contributed by atoms with van der Waals surface area (Å²) in [5.41, 5.74) is -0.0545. The van der Waals surface area contributed by atoms with Crippen LogP contribution in [0.1, 0.15) is 32.6 Å². The predicted molar refractivity (Wildman–Crippen MR) is 80.8 cm³/mol. The van der Waals surface area contributed by atoms with Gasteiger partial charge >= 0.3 is 5.97 Å². The zero-order chi connectivity index (χ0) is 14.0. The summed E-state index contributed by atoms with van der Waals surface area (Å²) in [5.74, 6) is -0.595. The van der Waals surface area contributed by atoms with Crippen molar-refractivity contribution in [1.82, 2.24) is 0 Å². The fourth-order valence-electron chi connectivity index (χ4n) is 2.96. The third-order valence-electron chi connectivity index (χ3n) is 3.98. The van der Waals surface area contributed by atoms with Gasteiger partial charge in [-0.3, -0.25) is 0 Å². The van der Waals surface area contributed by atoms with Gasteiger partial charge in [-0.2, -0.15) is 0 Å². The van der Waals surface area contributed by atoms with Gasteiger partial charge in [-0.1, -0.05) is 31.4 Å². The minimum absolute atomic E-state index is 0.166. The van der Waals surface area contributed by atoms with Crippen LogP contribution >= 0.6 is 27.5 Å². The van der Waals surface area contributed by atoms with E-state index in [1.165, 1.54) is 0 Å². The molecule has 3 nitrogen and oxygen atoms in total. The average Bonchev–Trinajstić information content (AvgIpc) is 2.78. The summed E-state index contributed by atoms with van der Waals surface area (Å²) in [6, 6.07) is 5.42. The van der Waals surface area contributed by atoms with Crippen LogP contribution in [0, 0.1) is 5.92 Å². The van der Waals surface area contributed by atoms with E-state index in [1.54, 1.807) is 6.07 Å². The Labute approximate surface area is 126 Å². The minimum Gasteiger partial charge on any atom is -0.479 e. The van der Waals surface area contributed by atoms with Gasteiger partial charge in [0.15, 0.2) is 0 Å². The van der Waals surface area contributed by atoms with E-state index in [9.17, 15) is 9.90 Å². The van der Waals surface area contributed by atoms with Gasteiger partial charge in [-0.25, -0.2) is 4.79 Å². The van der Waals surface area contributed by atoms with Crippen molar-refractivity contribution in [3.8, 4) is 0 Å². The van der Waals surface area contributed by atoms with Crippen molar-refractivity contribution in [3.63, 3.8) is 0 Å². The van der Waals surface area contributed by atoms with Crippen LogP contribution in [-0.2, 0) is 4.79 Å². The number of anilines is 1. The lowest BCUT2D eigenvalue weighted by atomic mass is 9.85. The molecule has 5 heteroatoms. The van der Waals surface area contributed by atoms with Gasteiger partial charge in [0, 0.05) is 10.2 Å². The van der Waals surface area contributed by atoms with Crippen molar-refractivity contribution in [3.05, 3.63) is 27.7 Å². The Hall–Kier alpha value is -0.740. The Morgan fingerprint density at radius 2 is 2.37 bits per heavy atom. The van der Waals surface area contributed by atoms with Crippen LogP contribution in [0.3, 0.4) is 0 Å². The molecular weight excluding hydrogens is 330 g/mol. The van der Waals surface area contributed by atoms with E-state index in [4.69, 9.17) is 11.6 Å². The highest BCUT2D eigenvalue weighted by Gasteiger charge is 2.48. The molecule has 0 bridgehead atoms. The molecule has 0 aliphatic heterocycles. The van der Waals surface area contributed by atoms with Crippen LogP contribution in [0.2, 0.25) is 5.02 Å². The molecule has 1 saturated carbocycles. The highest BCUT2D eigenvalue weighted by molar-refractivity contribution is 9.10. The van der Waals surface area contributed by atoms with E-state index in [1.807, 2.05) is 19.1 Å². The van der Waals surface area contributed by atoms with Crippen molar-refractivity contribution in [2.75, 3.05) is 5.32 Å². The van der Waals surface area contributed by atoms with E-state index < -0.39 is 11.5 Å². The number of aliphatic carboxylic acids is 1. The number of benzene rings is 1. The number of rotatable bonds is 4. The average molecular weight is 347 g/mol. The molecule has 0 spiro atoms. The standard InChI is InChI=1S/C14H17BrClNO2/c1-2-9-4-3-7-14(9,13(18)19)17-10-5-6-12(16)11(15)8-10/h5-6,8-9,17H,2-4,7H2,1H3,(H,18,19). The normalized spacial score (nSPS) is 26.4. The molecule has 1 aliphatic carbocycles. The van der Waals surface area contributed by atoms with Gasteiger partial charge in [0.05, 0.1) is 5.02 Å². The number of carboxylic acid groups (broad SMARTS) is 1. The molecule has 1 fully saturated rings. The first-order chi connectivity index (χ1) is 8.99. The quantitative estimate of drug-likeness (QED) is 0.841. The van der Waals surface area contributed by atoms with Gasteiger partial charge in [-0.05, 0) is 52.9 Å². The first-order valence-corrected chi connectivity index (χ1v) is 7.63. The van der Waals surface area contributed by atoms with E-state index in [0.29, 0.717) is 11.4 Å². The Kier molecular flexibility index (Phi) is 4.41. The summed E-state index contributed by atoms with van der Waals surface area (Å²) in [4.78, 5) is 11.7. The molecule has 0 heterocycles. The SMILES string of the molecule is CCC1CCCC1(Nc1ccc(Cl)c(Br)c1)C(=O)O. The maximum absolute atomic E-state index is 11.7. The molecule has 2 unspecified atom stereocenters. The molecular formula is C14H17BrClNO2. The molecule has 2 N–H and O–H groups in total. The Balaban J connectivity index is 2.31. The molecule has 2 rings (SSSR count). The maximum atomic E-state index is 11.7. The van der Waals surface area contributed by atoms with E-state index in [2.05, 4.69) is 21.2 Å². The molecule has 1 aromatic carbocycles. The smallest absolute Gasteiger partial charge is 0.329 e. The first kappa shape index (κ1) is 14.7. The van der Waals surface area contributed by atoms with Crippen LogP contribution in [0.4, 0.5) is 5.69 Å². The van der Waals surface area contributed by atoms with Crippen LogP contribution < -0.4 is 5.32 Å². The predicted octanol–water partition coefficient (Wildman–Crippen LogP) is 4.55. The summed E-state index contributed by atoms with van der Waals surface area (Å²) in [5, 5.41) is 13.5. The van der Waals surface area contributed by atoms with Crippen LogP contribution in [0.5, 0.6) is 0 Å². The summed E-state index contributed by atoms with van der Waals surface area (Å²) >= 11 is 9.32. The monoisotopic (exact) mass is 345 g/mol. The summed E-state index contributed by atoms with van der Waals surface area (Å²) in [7, 11) is 0. The van der Waals surface area contributed by atoms with Crippen molar-refractivity contribution >= 4 is 39.2 Å². The molecule has 2 atom stereocenters. The Morgan fingerprint density at radius 3 is 2.95 bits per heavy atom. The second-order valence-electron chi connectivity index (χ2n) is 5.03. The fraction of sp³-hybridized carbons (Fsp3) is 0.500. The lowest BCUT2D eigenvalue weighted by molar-refractivity contribution is -0.143. The topological polar surface area (TPSA) is 49.3 Å². The van der Waals surface area contributed by atoms with Gasteiger partial charge in [0.1, 0.15) is 5.54 Å². The van der Waals surface area contributed by atoms with Crippen LogP contribution in [0.15, 0.2) is 22.7 Å². The van der Waals surface area contributed by atoms with Crippen LogP contribution in [-0.4, -0.2) is 16.6 Å². The number of hydrogen-bond acceptors (Lipinski definition) is 2. The second kappa shape index (κ2) is 5.71. The van der Waals surface area contributed by atoms with E-state index in [0.717, 1.165) is 29.4 Å². The van der Waals surface area contributed by atoms with Crippen molar-refractivity contribution in [2.45, 2.75) is 38.1 Å². The third-order valence-corrected chi connectivity index (χ3v) is 5.20.